The number of amides is 2. The van der Waals surface area contributed by atoms with Gasteiger partial charge in [0.05, 0.1) is 12.1 Å². The van der Waals surface area contributed by atoms with Crippen LogP contribution in [0.4, 0.5) is 10.1 Å². The summed E-state index contributed by atoms with van der Waals surface area (Å²) in [7, 11) is 0. The number of carbonyl (C=O) groups is 2. The third-order valence-corrected chi connectivity index (χ3v) is 7.83. The Kier molecular flexibility index (Phi) is 5.76. The molecule has 5 rings (SSSR count). The van der Waals surface area contributed by atoms with E-state index in [1.54, 1.807) is 6.07 Å². The molecule has 1 aliphatic carbocycles. The minimum atomic E-state index is -0.764. The van der Waals surface area contributed by atoms with Gasteiger partial charge in [-0.2, -0.15) is 5.26 Å². The van der Waals surface area contributed by atoms with E-state index < -0.39 is 6.04 Å². The van der Waals surface area contributed by atoms with Crippen molar-refractivity contribution in [2.75, 3.05) is 24.5 Å². The van der Waals surface area contributed by atoms with E-state index in [2.05, 4.69) is 26.9 Å². The van der Waals surface area contributed by atoms with Gasteiger partial charge >= 0.3 is 0 Å². The lowest BCUT2D eigenvalue weighted by Gasteiger charge is -2.41. The lowest BCUT2D eigenvalue weighted by atomic mass is 9.80. The van der Waals surface area contributed by atoms with E-state index in [0.717, 1.165) is 50.9 Å². The standard InChI is InChI=1S/C24H30FN5O2/c25-21-11-19(30-8-6-20-16(13-30)5-7-27-23(20)31)4-2-14(21)9-18(12-26)29-24(32)22-15-1-3-17(10-15)28-22/h2,4,11,15-18,20,22,28H,1,3,5-10,13H2,(H,27,31)(H,29,32)/t15-,16?,17+,18-,20?,22-/m0/s1. The smallest absolute Gasteiger partial charge is 0.238 e. The van der Waals surface area contributed by atoms with Gasteiger partial charge in [-0.3, -0.25) is 9.59 Å². The predicted molar refractivity (Wildman–Crippen MR) is 117 cm³/mol. The summed E-state index contributed by atoms with van der Waals surface area (Å²) < 4.78 is 14.9. The number of halogens is 1. The fraction of sp³-hybridized carbons (Fsp3) is 0.625. The highest BCUT2D eigenvalue weighted by atomic mass is 19.1. The number of hydrogen-bond acceptors (Lipinski definition) is 5. The topological polar surface area (TPSA) is 97.3 Å². The minimum absolute atomic E-state index is 0.0636. The maximum absolute atomic E-state index is 14.9. The monoisotopic (exact) mass is 439 g/mol. The predicted octanol–water partition coefficient (Wildman–Crippen LogP) is 1.48. The molecular weight excluding hydrogens is 409 g/mol. The van der Waals surface area contributed by atoms with Crippen LogP contribution < -0.4 is 20.9 Å². The zero-order chi connectivity index (χ0) is 22.2. The van der Waals surface area contributed by atoms with Crippen LogP contribution in [0.3, 0.4) is 0 Å². The van der Waals surface area contributed by atoms with Gasteiger partial charge in [0.25, 0.3) is 0 Å². The molecule has 6 atom stereocenters. The molecule has 0 spiro atoms. The number of fused-ring (bicyclic) bond motifs is 3. The van der Waals surface area contributed by atoms with E-state index in [4.69, 9.17) is 0 Å². The molecule has 3 heterocycles. The van der Waals surface area contributed by atoms with Gasteiger partial charge < -0.3 is 20.9 Å². The Balaban J connectivity index is 1.21. The molecule has 170 valence electrons. The molecule has 3 aliphatic heterocycles. The summed E-state index contributed by atoms with van der Waals surface area (Å²) in [6.45, 7) is 2.19. The van der Waals surface area contributed by atoms with Gasteiger partial charge in [-0.15, -0.1) is 0 Å². The summed E-state index contributed by atoms with van der Waals surface area (Å²) >= 11 is 0. The van der Waals surface area contributed by atoms with Gasteiger partial charge in [0.2, 0.25) is 11.8 Å². The van der Waals surface area contributed by atoms with Gasteiger partial charge in [-0.1, -0.05) is 6.07 Å². The molecule has 4 aliphatic rings. The molecule has 8 heteroatoms. The van der Waals surface area contributed by atoms with Crippen molar-refractivity contribution >= 4 is 17.5 Å². The summed E-state index contributed by atoms with van der Waals surface area (Å²) in [6.07, 6.45) is 5.05. The van der Waals surface area contributed by atoms with Crippen molar-refractivity contribution in [2.24, 2.45) is 17.8 Å². The van der Waals surface area contributed by atoms with Crippen LogP contribution in [0.2, 0.25) is 0 Å². The second-order valence-electron chi connectivity index (χ2n) is 9.77. The number of piperidine rings is 3. The number of nitrogens with one attached hydrogen (secondary N) is 3. The van der Waals surface area contributed by atoms with Crippen molar-refractivity contribution in [2.45, 2.75) is 56.7 Å². The Morgan fingerprint density at radius 3 is 2.88 bits per heavy atom. The van der Waals surface area contributed by atoms with Gasteiger partial charge in [0.1, 0.15) is 11.9 Å². The molecule has 4 fully saturated rings. The summed E-state index contributed by atoms with van der Waals surface area (Å²) in [5, 5.41) is 18.6. The molecule has 2 amide bonds. The molecule has 3 saturated heterocycles. The van der Waals surface area contributed by atoms with Crippen LogP contribution in [0, 0.1) is 34.9 Å². The quantitative estimate of drug-likeness (QED) is 0.646. The van der Waals surface area contributed by atoms with E-state index in [-0.39, 0.29) is 36.0 Å². The lowest BCUT2D eigenvalue weighted by Crippen LogP contribution is -2.51. The fourth-order valence-electron chi connectivity index (χ4n) is 6.08. The van der Waals surface area contributed by atoms with Crippen LogP contribution in [0.15, 0.2) is 18.2 Å². The largest absolute Gasteiger partial charge is 0.371 e. The summed E-state index contributed by atoms with van der Waals surface area (Å²) in [6, 6.07) is 6.65. The molecule has 0 radical (unpaired) electrons. The van der Waals surface area contributed by atoms with Crippen LogP contribution in [-0.4, -0.2) is 49.6 Å². The first-order chi connectivity index (χ1) is 15.5. The average Bonchev–Trinajstić information content (AvgIpc) is 3.43. The Morgan fingerprint density at radius 2 is 2.16 bits per heavy atom. The first kappa shape index (κ1) is 21.2. The molecule has 1 aromatic carbocycles. The van der Waals surface area contributed by atoms with Crippen LogP contribution >= 0.6 is 0 Å². The fourth-order valence-corrected chi connectivity index (χ4v) is 6.08. The molecule has 2 unspecified atom stereocenters. The van der Waals surface area contributed by atoms with Crippen molar-refractivity contribution in [3.8, 4) is 6.07 Å². The van der Waals surface area contributed by atoms with Gasteiger partial charge in [0, 0.05) is 43.7 Å². The molecule has 1 saturated carbocycles. The van der Waals surface area contributed by atoms with Crippen molar-refractivity contribution in [3.63, 3.8) is 0 Å². The first-order valence-electron chi connectivity index (χ1n) is 11.8. The van der Waals surface area contributed by atoms with Crippen molar-refractivity contribution in [3.05, 3.63) is 29.6 Å². The Bertz CT molecular complexity index is 947. The van der Waals surface area contributed by atoms with Gasteiger partial charge in [-0.25, -0.2) is 4.39 Å². The number of benzene rings is 1. The molecule has 3 N–H and O–H groups in total. The zero-order valence-corrected chi connectivity index (χ0v) is 18.1. The number of nitrogens with zero attached hydrogens (tertiary/aromatic N) is 2. The SMILES string of the molecule is N#C[C@H](Cc1ccc(N2CCC3C(=O)NCCC3C2)cc1F)NC(=O)[C@H]1N[C@@H]2CC[C@H]1C2. The molecule has 7 nitrogen and oxygen atoms in total. The van der Waals surface area contributed by atoms with Gasteiger partial charge in [-0.05, 0) is 61.6 Å². The van der Waals surface area contributed by atoms with E-state index in [1.807, 2.05) is 6.07 Å². The van der Waals surface area contributed by atoms with Crippen LogP contribution in [0.25, 0.3) is 0 Å². The zero-order valence-electron chi connectivity index (χ0n) is 18.1. The van der Waals surface area contributed by atoms with Crippen molar-refractivity contribution in [1.82, 2.24) is 16.0 Å². The average molecular weight is 440 g/mol. The number of hydrogen-bond donors (Lipinski definition) is 3. The molecule has 2 bridgehead atoms. The lowest BCUT2D eigenvalue weighted by molar-refractivity contribution is -0.129. The number of carbonyl (C=O) groups excluding carboxylic acids is 2. The number of rotatable bonds is 5. The maximum Gasteiger partial charge on any atom is 0.238 e. The Labute approximate surface area is 187 Å². The maximum atomic E-state index is 14.9. The minimum Gasteiger partial charge on any atom is -0.371 e. The molecule has 1 aromatic rings. The highest BCUT2D eigenvalue weighted by Gasteiger charge is 2.43. The number of anilines is 1. The van der Waals surface area contributed by atoms with Gasteiger partial charge in [0.15, 0.2) is 0 Å². The van der Waals surface area contributed by atoms with Crippen LogP contribution in [0.1, 0.15) is 37.7 Å². The normalized spacial score (nSPS) is 32.1. The van der Waals surface area contributed by atoms with Crippen LogP contribution in [-0.2, 0) is 16.0 Å². The second-order valence-corrected chi connectivity index (χ2v) is 9.77. The highest BCUT2D eigenvalue weighted by molar-refractivity contribution is 5.83. The van der Waals surface area contributed by atoms with Crippen molar-refractivity contribution < 1.29 is 14.0 Å². The Morgan fingerprint density at radius 1 is 1.28 bits per heavy atom. The van der Waals surface area contributed by atoms with E-state index in [1.165, 1.54) is 6.07 Å². The molecule has 0 aromatic heterocycles. The molecular formula is C24H30FN5O2. The first-order valence-corrected chi connectivity index (χ1v) is 11.8. The molecule has 32 heavy (non-hydrogen) atoms. The van der Waals surface area contributed by atoms with E-state index in [0.29, 0.717) is 30.0 Å². The highest BCUT2D eigenvalue weighted by Crippen LogP contribution is 2.35. The van der Waals surface area contributed by atoms with E-state index >= 15 is 0 Å². The third kappa shape index (κ3) is 4.06. The summed E-state index contributed by atoms with van der Waals surface area (Å²) in [4.78, 5) is 26.8. The van der Waals surface area contributed by atoms with Crippen LogP contribution in [0.5, 0.6) is 0 Å². The second kappa shape index (κ2) is 8.70. The third-order valence-electron chi connectivity index (χ3n) is 7.83. The Hall–Kier alpha value is -2.66. The number of nitriles is 1. The van der Waals surface area contributed by atoms with E-state index in [9.17, 15) is 19.2 Å². The van der Waals surface area contributed by atoms with Crippen molar-refractivity contribution in [1.29, 1.82) is 5.26 Å². The summed E-state index contributed by atoms with van der Waals surface area (Å²) in [5.41, 5.74) is 1.23. The summed E-state index contributed by atoms with van der Waals surface area (Å²) in [5.74, 6) is 0.340.